The van der Waals surface area contributed by atoms with Crippen molar-refractivity contribution in [2.75, 3.05) is 0 Å². The maximum absolute atomic E-state index is 11.6. The molecular weight excluding hydrogens is 334 g/mol. The van der Waals surface area contributed by atoms with Crippen LogP contribution in [-0.4, -0.2) is 22.6 Å². The SMILES string of the molecule is Cc1ccc(C(=NC(c2ccc(C)cc2)S(=O)[O-])S(=O)O)cc1. The lowest BCUT2D eigenvalue weighted by atomic mass is 10.1. The molecule has 0 amide bonds. The van der Waals surface area contributed by atoms with Gasteiger partial charge in [0.05, 0.1) is 0 Å². The van der Waals surface area contributed by atoms with E-state index in [0.29, 0.717) is 11.1 Å². The number of hydrogen-bond donors (Lipinski definition) is 1. The maximum Gasteiger partial charge on any atom is 0.205 e. The van der Waals surface area contributed by atoms with Crippen molar-refractivity contribution in [1.29, 1.82) is 0 Å². The molecule has 0 aliphatic rings. The molecule has 0 radical (unpaired) electrons. The molecule has 0 heterocycles. The van der Waals surface area contributed by atoms with Crippen molar-refractivity contribution in [3.05, 3.63) is 70.8 Å². The average Bonchev–Trinajstić information content (AvgIpc) is 2.50. The highest BCUT2D eigenvalue weighted by molar-refractivity contribution is 7.96. The van der Waals surface area contributed by atoms with Crippen molar-refractivity contribution in [1.82, 2.24) is 0 Å². The number of aliphatic imine (C=N–C) groups is 1. The van der Waals surface area contributed by atoms with Crippen molar-refractivity contribution in [3.63, 3.8) is 0 Å². The number of hydrogen-bond acceptors (Lipinski definition) is 4. The molecule has 23 heavy (non-hydrogen) atoms. The van der Waals surface area contributed by atoms with E-state index < -0.39 is 27.5 Å². The molecule has 0 saturated carbocycles. The predicted octanol–water partition coefficient (Wildman–Crippen LogP) is 2.85. The van der Waals surface area contributed by atoms with Crippen molar-refractivity contribution in [3.8, 4) is 0 Å². The Morgan fingerprint density at radius 3 is 1.91 bits per heavy atom. The fourth-order valence-corrected chi connectivity index (χ4v) is 3.15. The van der Waals surface area contributed by atoms with E-state index in [1.54, 1.807) is 48.5 Å². The average molecular weight is 350 g/mol. The summed E-state index contributed by atoms with van der Waals surface area (Å²) in [6.45, 7) is 3.77. The molecule has 0 aromatic heterocycles. The van der Waals surface area contributed by atoms with Gasteiger partial charge < -0.3 is 9.11 Å². The number of benzene rings is 2. The van der Waals surface area contributed by atoms with E-state index in [2.05, 4.69) is 4.99 Å². The minimum Gasteiger partial charge on any atom is -0.770 e. The van der Waals surface area contributed by atoms with Gasteiger partial charge in [0.2, 0.25) is 11.1 Å². The van der Waals surface area contributed by atoms with Crippen molar-refractivity contribution in [2.45, 2.75) is 19.2 Å². The molecule has 2 rings (SSSR count). The van der Waals surface area contributed by atoms with Gasteiger partial charge in [0.15, 0.2) is 5.04 Å². The zero-order chi connectivity index (χ0) is 17.0. The Morgan fingerprint density at radius 1 is 1.00 bits per heavy atom. The van der Waals surface area contributed by atoms with Gasteiger partial charge in [0, 0.05) is 5.56 Å². The lowest BCUT2D eigenvalue weighted by Crippen LogP contribution is -2.13. The van der Waals surface area contributed by atoms with Gasteiger partial charge in [-0.05, 0) is 30.5 Å². The van der Waals surface area contributed by atoms with Crippen LogP contribution in [-0.2, 0) is 22.2 Å². The van der Waals surface area contributed by atoms with E-state index >= 15 is 0 Å². The Balaban J connectivity index is 2.49. The molecular formula is C16H16NO4S2-. The summed E-state index contributed by atoms with van der Waals surface area (Å²) in [6.07, 6.45) is 0. The largest absolute Gasteiger partial charge is 0.770 e. The van der Waals surface area contributed by atoms with Gasteiger partial charge in [-0.2, -0.15) is 0 Å². The summed E-state index contributed by atoms with van der Waals surface area (Å²) in [6, 6.07) is 13.7. The highest BCUT2D eigenvalue weighted by Gasteiger charge is 2.17. The standard InChI is InChI=1S/C16H17NO4S2/c1-11-3-7-13(8-4-11)15(22(18)19)17-16(23(20)21)14-9-5-12(2)6-10-14/h3-10,15H,1-2H3,(H,18,19)(H,20,21)/p-1. The summed E-state index contributed by atoms with van der Waals surface area (Å²) in [4.78, 5) is 4.03. The summed E-state index contributed by atoms with van der Waals surface area (Å²) < 4.78 is 44.2. The Morgan fingerprint density at radius 2 is 1.48 bits per heavy atom. The van der Waals surface area contributed by atoms with Gasteiger partial charge in [-0.3, -0.25) is 9.20 Å². The van der Waals surface area contributed by atoms with Crippen LogP contribution in [0.25, 0.3) is 0 Å². The third-order valence-corrected chi connectivity index (χ3v) is 4.66. The van der Waals surface area contributed by atoms with Gasteiger partial charge in [0.1, 0.15) is 5.37 Å². The van der Waals surface area contributed by atoms with E-state index in [9.17, 15) is 17.5 Å². The lowest BCUT2D eigenvalue weighted by Gasteiger charge is -2.17. The molecule has 1 N–H and O–H groups in total. The van der Waals surface area contributed by atoms with E-state index in [0.717, 1.165) is 11.1 Å². The minimum absolute atomic E-state index is 0.167. The Bertz CT molecular complexity index is 755. The molecule has 122 valence electrons. The van der Waals surface area contributed by atoms with Gasteiger partial charge in [-0.1, -0.05) is 59.7 Å². The molecule has 2 aromatic rings. The third kappa shape index (κ3) is 4.65. The van der Waals surface area contributed by atoms with Gasteiger partial charge in [-0.25, -0.2) is 4.21 Å². The Labute approximate surface area is 140 Å². The van der Waals surface area contributed by atoms with Gasteiger partial charge >= 0.3 is 0 Å². The predicted molar refractivity (Wildman–Crippen MR) is 91.3 cm³/mol. The lowest BCUT2D eigenvalue weighted by molar-refractivity contribution is 0.525. The highest BCUT2D eigenvalue weighted by atomic mass is 32.2. The minimum atomic E-state index is -2.56. The van der Waals surface area contributed by atoms with E-state index in [-0.39, 0.29) is 5.04 Å². The van der Waals surface area contributed by atoms with Crippen LogP contribution in [0.2, 0.25) is 0 Å². The van der Waals surface area contributed by atoms with Gasteiger partial charge in [0.25, 0.3) is 0 Å². The molecule has 2 aromatic carbocycles. The van der Waals surface area contributed by atoms with Crippen LogP contribution >= 0.6 is 0 Å². The molecule has 5 nitrogen and oxygen atoms in total. The van der Waals surface area contributed by atoms with Crippen LogP contribution in [0.15, 0.2) is 53.5 Å². The first-order valence-electron chi connectivity index (χ1n) is 6.79. The second-order valence-electron chi connectivity index (χ2n) is 5.07. The smallest absolute Gasteiger partial charge is 0.205 e. The zero-order valence-electron chi connectivity index (χ0n) is 12.6. The first-order chi connectivity index (χ1) is 10.9. The Kier molecular flexibility index (Phi) is 5.95. The van der Waals surface area contributed by atoms with Crippen molar-refractivity contribution >= 4 is 27.2 Å². The summed E-state index contributed by atoms with van der Waals surface area (Å²) in [5.41, 5.74) is 2.83. The maximum atomic E-state index is 11.6. The second kappa shape index (κ2) is 7.74. The van der Waals surface area contributed by atoms with E-state index in [1.807, 2.05) is 13.8 Å². The molecule has 0 aliphatic heterocycles. The van der Waals surface area contributed by atoms with Crippen LogP contribution < -0.4 is 0 Å². The van der Waals surface area contributed by atoms with Crippen LogP contribution in [0.5, 0.6) is 0 Å². The highest BCUT2D eigenvalue weighted by Crippen LogP contribution is 2.23. The molecule has 7 heteroatoms. The van der Waals surface area contributed by atoms with Crippen LogP contribution in [0, 0.1) is 13.8 Å². The molecule has 0 fully saturated rings. The monoisotopic (exact) mass is 350 g/mol. The zero-order valence-corrected chi connectivity index (χ0v) is 14.3. The summed E-state index contributed by atoms with van der Waals surface area (Å²) in [7, 11) is 0. The van der Waals surface area contributed by atoms with Crippen molar-refractivity contribution < 1.29 is 17.5 Å². The number of aryl methyl sites for hydroxylation is 2. The van der Waals surface area contributed by atoms with Crippen LogP contribution in [0.1, 0.15) is 27.6 Å². The third-order valence-electron chi connectivity index (χ3n) is 3.24. The topological polar surface area (TPSA) is 89.8 Å². The van der Waals surface area contributed by atoms with E-state index in [4.69, 9.17) is 0 Å². The fraction of sp³-hybridized carbons (Fsp3) is 0.188. The van der Waals surface area contributed by atoms with E-state index in [1.165, 1.54) is 0 Å². The fourth-order valence-electron chi connectivity index (χ4n) is 1.98. The first-order valence-corrected chi connectivity index (χ1v) is 9.03. The second-order valence-corrected chi connectivity index (χ2v) is 6.93. The Hall–Kier alpha value is -1.67. The summed E-state index contributed by atoms with van der Waals surface area (Å²) in [5, 5.41) is -1.40. The quantitative estimate of drug-likeness (QED) is 0.521. The summed E-state index contributed by atoms with van der Waals surface area (Å²) in [5.74, 6) is 0. The normalized spacial score (nSPS) is 15.9. The number of nitrogens with zero attached hydrogens (tertiary/aromatic N) is 1. The molecule has 3 unspecified atom stereocenters. The van der Waals surface area contributed by atoms with Gasteiger partial charge in [-0.15, -0.1) is 0 Å². The molecule has 0 bridgehead atoms. The summed E-state index contributed by atoms with van der Waals surface area (Å²) >= 11 is -4.96. The van der Waals surface area contributed by atoms with Crippen LogP contribution in [0.3, 0.4) is 0 Å². The molecule has 0 spiro atoms. The van der Waals surface area contributed by atoms with Crippen molar-refractivity contribution in [2.24, 2.45) is 4.99 Å². The number of rotatable bonds is 4. The molecule has 3 atom stereocenters. The molecule has 0 saturated heterocycles. The first kappa shape index (κ1) is 17.7. The molecule has 0 aliphatic carbocycles. The van der Waals surface area contributed by atoms with Crippen LogP contribution in [0.4, 0.5) is 0 Å².